The molecule has 21 heavy (non-hydrogen) atoms. The Morgan fingerprint density at radius 1 is 1.24 bits per heavy atom. The number of hydrogen-bond acceptors (Lipinski definition) is 4. The van der Waals surface area contributed by atoms with E-state index in [-0.39, 0.29) is 17.4 Å². The standard InChI is InChI=1S/C15H14N2O4/c18-14(12-8-13(15(19)20)21-16-12)17-7-3-6-10-4-1-2-5-11(10)9-17/h1-2,4-5,8H,3,6-7,9H2,(H,19,20). The van der Waals surface area contributed by atoms with Crippen LogP contribution < -0.4 is 0 Å². The first-order valence-electron chi connectivity index (χ1n) is 6.71. The number of aromatic carboxylic acids is 1. The lowest BCUT2D eigenvalue weighted by Gasteiger charge is -2.19. The van der Waals surface area contributed by atoms with Gasteiger partial charge in [-0.3, -0.25) is 4.79 Å². The second-order valence-electron chi connectivity index (χ2n) is 4.98. The van der Waals surface area contributed by atoms with Gasteiger partial charge in [0.25, 0.3) is 5.91 Å². The molecule has 108 valence electrons. The second kappa shape index (κ2) is 5.40. The number of carboxylic acid groups (broad SMARTS) is 1. The predicted octanol–water partition coefficient (Wildman–Crippen LogP) is 1.96. The summed E-state index contributed by atoms with van der Waals surface area (Å²) in [5.74, 6) is -1.86. The van der Waals surface area contributed by atoms with Gasteiger partial charge in [-0.05, 0) is 24.0 Å². The van der Waals surface area contributed by atoms with Crippen LogP contribution in [0.3, 0.4) is 0 Å². The van der Waals surface area contributed by atoms with Gasteiger partial charge in [-0.1, -0.05) is 29.4 Å². The number of fused-ring (bicyclic) bond motifs is 1. The highest BCUT2D eigenvalue weighted by Crippen LogP contribution is 2.20. The van der Waals surface area contributed by atoms with Crippen LogP contribution in [0.15, 0.2) is 34.9 Å². The zero-order valence-electron chi connectivity index (χ0n) is 11.3. The van der Waals surface area contributed by atoms with Gasteiger partial charge in [0.15, 0.2) is 5.69 Å². The Labute approximate surface area is 121 Å². The fraction of sp³-hybridized carbons (Fsp3) is 0.267. The number of hydrogen-bond donors (Lipinski definition) is 1. The van der Waals surface area contributed by atoms with Crippen LogP contribution in [0.2, 0.25) is 0 Å². The van der Waals surface area contributed by atoms with Crippen molar-refractivity contribution in [2.24, 2.45) is 0 Å². The number of carbonyl (C=O) groups is 2. The maximum Gasteiger partial charge on any atom is 0.374 e. The molecule has 0 bridgehead atoms. The summed E-state index contributed by atoms with van der Waals surface area (Å²) in [5.41, 5.74) is 2.40. The molecule has 1 N–H and O–H groups in total. The Hall–Kier alpha value is -2.63. The fourth-order valence-corrected chi connectivity index (χ4v) is 2.51. The third-order valence-electron chi connectivity index (χ3n) is 3.58. The van der Waals surface area contributed by atoms with Gasteiger partial charge in [0.1, 0.15) is 0 Å². The lowest BCUT2D eigenvalue weighted by atomic mass is 10.0. The van der Waals surface area contributed by atoms with Crippen molar-refractivity contribution in [1.82, 2.24) is 10.1 Å². The van der Waals surface area contributed by atoms with Crippen LogP contribution in [-0.4, -0.2) is 33.6 Å². The topological polar surface area (TPSA) is 83.6 Å². The van der Waals surface area contributed by atoms with Gasteiger partial charge in [0, 0.05) is 19.2 Å². The molecule has 1 aliphatic rings. The summed E-state index contributed by atoms with van der Waals surface area (Å²) in [5, 5.41) is 12.4. The van der Waals surface area contributed by atoms with Crippen molar-refractivity contribution in [2.75, 3.05) is 6.54 Å². The summed E-state index contributed by atoms with van der Waals surface area (Å²) < 4.78 is 4.64. The molecule has 0 aliphatic carbocycles. The highest BCUT2D eigenvalue weighted by molar-refractivity contribution is 5.94. The van der Waals surface area contributed by atoms with E-state index in [1.54, 1.807) is 4.90 Å². The van der Waals surface area contributed by atoms with E-state index < -0.39 is 5.97 Å². The molecule has 1 aliphatic heterocycles. The summed E-state index contributed by atoms with van der Waals surface area (Å²) in [4.78, 5) is 24.9. The molecule has 2 heterocycles. The third kappa shape index (κ3) is 2.65. The van der Waals surface area contributed by atoms with Crippen LogP contribution in [0, 0.1) is 0 Å². The lowest BCUT2D eigenvalue weighted by Crippen LogP contribution is -2.30. The first-order chi connectivity index (χ1) is 10.1. The highest BCUT2D eigenvalue weighted by Gasteiger charge is 2.24. The maximum atomic E-state index is 12.4. The van der Waals surface area contributed by atoms with Crippen LogP contribution in [-0.2, 0) is 13.0 Å². The van der Waals surface area contributed by atoms with Crippen molar-refractivity contribution >= 4 is 11.9 Å². The van der Waals surface area contributed by atoms with Gasteiger partial charge in [0.2, 0.25) is 5.76 Å². The SMILES string of the molecule is O=C(O)c1cc(C(=O)N2CCCc3ccccc3C2)no1. The van der Waals surface area contributed by atoms with E-state index in [0.29, 0.717) is 13.1 Å². The van der Waals surface area contributed by atoms with Crippen LogP contribution in [0.5, 0.6) is 0 Å². The van der Waals surface area contributed by atoms with Crippen molar-refractivity contribution < 1.29 is 19.2 Å². The number of rotatable bonds is 2. The van der Waals surface area contributed by atoms with Crippen LogP contribution in [0.25, 0.3) is 0 Å². The molecule has 6 heteroatoms. The molecule has 2 aromatic rings. The minimum Gasteiger partial charge on any atom is -0.475 e. The number of aryl methyl sites for hydroxylation is 1. The number of nitrogens with zero attached hydrogens (tertiary/aromatic N) is 2. The summed E-state index contributed by atoms with van der Waals surface area (Å²) in [6.07, 6.45) is 1.80. The van der Waals surface area contributed by atoms with Gasteiger partial charge >= 0.3 is 5.97 Å². The van der Waals surface area contributed by atoms with Gasteiger partial charge in [-0.15, -0.1) is 0 Å². The molecule has 1 aromatic heterocycles. The molecule has 0 radical (unpaired) electrons. The molecule has 0 saturated carbocycles. The van der Waals surface area contributed by atoms with E-state index in [4.69, 9.17) is 5.11 Å². The average molecular weight is 286 g/mol. The van der Waals surface area contributed by atoms with Crippen LogP contribution >= 0.6 is 0 Å². The van der Waals surface area contributed by atoms with E-state index in [0.717, 1.165) is 18.4 Å². The first kappa shape index (κ1) is 13.4. The zero-order valence-corrected chi connectivity index (χ0v) is 11.3. The molecule has 0 spiro atoms. The van der Waals surface area contributed by atoms with E-state index in [1.165, 1.54) is 11.6 Å². The van der Waals surface area contributed by atoms with Gasteiger partial charge in [-0.25, -0.2) is 4.79 Å². The van der Waals surface area contributed by atoms with Gasteiger partial charge in [0.05, 0.1) is 0 Å². The largest absolute Gasteiger partial charge is 0.475 e. The average Bonchev–Trinajstić information content (AvgIpc) is 2.87. The molecule has 0 unspecified atom stereocenters. The Morgan fingerprint density at radius 2 is 2.00 bits per heavy atom. The van der Waals surface area contributed by atoms with Crippen molar-refractivity contribution in [2.45, 2.75) is 19.4 Å². The smallest absolute Gasteiger partial charge is 0.374 e. The summed E-state index contributed by atoms with van der Waals surface area (Å²) in [6, 6.07) is 9.19. The van der Waals surface area contributed by atoms with Crippen LogP contribution in [0.1, 0.15) is 38.6 Å². The number of carbonyl (C=O) groups excluding carboxylic acids is 1. The number of amides is 1. The molecule has 6 nitrogen and oxygen atoms in total. The normalized spacial score (nSPS) is 14.4. The molecule has 0 atom stereocenters. The Morgan fingerprint density at radius 3 is 2.71 bits per heavy atom. The highest BCUT2D eigenvalue weighted by atomic mass is 16.5. The van der Waals surface area contributed by atoms with E-state index in [1.807, 2.05) is 18.2 Å². The number of aromatic nitrogens is 1. The van der Waals surface area contributed by atoms with Crippen molar-refractivity contribution in [3.05, 3.63) is 52.9 Å². The minimum absolute atomic E-state index is 0.0341. The second-order valence-corrected chi connectivity index (χ2v) is 4.98. The minimum atomic E-state index is -1.23. The van der Waals surface area contributed by atoms with E-state index >= 15 is 0 Å². The summed E-state index contributed by atoms with van der Waals surface area (Å²) >= 11 is 0. The molecule has 3 rings (SSSR count). The monoisotopic (exact) mass is 286 g/mol. The van der Waals surface area contributed by atoms with Crippen molar-refractivity contribution in [3.63, 3.8) is 0 Å². The maximum absolute atomic E-state index is 12.4. The predicted molar refractivity (Wildman–Crippen MR) is 73.0 cm³/mol. The van der Waals surface area contributed by atoms with Gasteiger partial charge < -0.3 is 14.5 Å². The fourth-order valence-electron chi connectivity index (χ4n) is 2.51. The lowest BCUT2D eigenvalue weighted by molar-refractivity contribution is 0.0648. The molecular formula is C15H14N2O4. The van der Waals surface area contributed by atoms with E-state index in [2.05, 4.69) is 15.7 Å². The molecule has 0 saturated heterocycles. The Bertz CT molecular complexity index is 692. The molecule has 1 amide bonds. The van der Waals surface area contributed by atoms with E-state index in [9.17, 15) is 9.59 Å². The number of benzene rings is 1. The molecular weight excluding hydrogens is 272 g/mol. The quantitative estimate of drug-likeness (QED) is 0.912. The Kier molecular flexibility index (Phi) is 3.43. The first-order valence-corrected chi connectivity index (χ1v) is 6.71. The third-order valence-corrected chi connectivity index (χ3v) is 3.58. The Balaban J connectivity index is 1.83. The zero-order chi connectivity index (χ0) is 14.8. The van der Waals surface area contributed by atoms with Crippen molar-refractivity contribution in [1.29, 1.82) is 0 Å². The molecule has 0 fully saturated rings. The summed E-state index contributed by atoms with van der Waals surface area (Å²) in [7, 11) is 0. The molecule has 1 aromatic carbocycles. The number of carboxylic acids is 1. The summed E-state index contributed by atoms with van der Waals surface area (Å²) in [6.45, 7) is 1.12. The van der Waals surface area contributed by atoms with Gasteiger partial charge in [-0.2, -0.15) is 0 Å². The van der Waals surface area contributed by atoms with Crippen LogP contribution in [0.4, 0.5) is 0 Å². The van der Waals surface area contributed by atoms with Crippen molar-refractivity contribution in [3.8, 4) is 0 Å².